The summed E-state index contributed by atoms with van der Waals surface area (Å²) in [6.45, 7) is 7.26. The number of halogens is 1. The van der Waals surface area contributed by atoms with Crippen LogP contribution in [0.3, 0.4) is 0 Å². The third-order valence-corrected chi connectivity index (χ3v) is 2.43. The lowest BCUT2D eigenvalue weighted by molar-refractivity contribution is -0.124. The molecule has 104 valence electrons. The molecule has 19 heavy (non-hydrogen) atoms. The summed E-state index contributed by atoms with van der Waals surface area (Å²) in [5.74, 6) is -0.595. The molecule has 1 atom stereocenters. The molecule has 1 aromatic heterocycles. The standard InChI is InChI=1S/C13H18ClN3O2/c1-8(11(18)17-13(2,3)4)16-12(19)9-5-6-15-10(14)7-9/h5-8H,1-4H3,(H,16,19)(H,17,18). The summed E-state index contributed by atoms with van der Waals surface area (Å²) < 4.78 is 0. The summed E-state index contributed by atoms with van der Waals surface area (Å²) in [6.07, 6.45) is 1.44. The first-order chi connectivity index (χ1) is 8.69. The zero-order chi connectivity index (χ0) is 14.6. The summed E-state index contributed by atoms with van der Waals surface area (Å²) in [4.78, 5) is 27.5. The quantitative estimate of drug-likeness (QED) is 0.831. The van der Waals surface area contributed by atoms with Crippen LogP contribution in [0.1, 0.15) is 38.1 Å². The van der Waals surface area contributed by atoms with Gasteiger partial charge in [-0.05, 0) is 39.8 Å². The van der Waals surface area contributed by atoms with Crippen LogP contribution in [-0.2, 0) is 4.79 Å². The average Bonchev–Trinajstić information content (AvgIpc) is 2.26. The van der Waals surface area contributed by atoms with E-state index in [0.29, 0.717) is 5.56 Å². The Morgan fingerprint density at radius 2 is 2.00 bits per heavy atom. The Kier molecular flexibility index (Phi) is 4.89. The van der Waals surface area contributed by atoms with Gasteiger partial charge < -0.3 is 10.6 Å². The Morgan fingerprint density at radius 3 is 2.53 bits per heavy atom. The van der Waals surface area contributed by atoms with E-state index in [4.69, 9.17) is 11.6 Å². The monoisotopic (exact) mass is 283 g/mol. The van der Waals surface area contributed by atoms with E-state index in [9.17, 15) is 9.59 Å². The van der Waals surface area contributed by atoms with Gasteiger partial charge >= 0.3 is 0 Å². The maximum atomic E-state index is 11.9. The van der Waals surface area contributed by atoms with E-state index < -0.39 is 6.04 Å². The molecule has 2 amide bonds. The Labute approximate surface area is 117 Å². The van der Waals surface area contributed by atoms with Crippen LogP contribution in [0, 0.1) is 0 Å². The third-order valence-electron chi connectivity index (χ3n) is 2.23. The van der Waals surface area contributed by atoms with Crippen LogP contribution < -0.4 is 10.6 Å². The second-order valence-corrected chi connectivity index (χ2v) is 5.69. The summed E-state index contributed by atoms with van der Waals surface area (Å²) >= 11 is 5.70. The summed E-state index contributed by atoms with van der Waals surface area (Å²) in [5, 5.41) is 5.64. The molecular weight excluding hydrogens is 266 g/mol. The number of hydrogen-bond acceptors (Lipinski definition) is 3. The summed E-state index contributed by atoms with van der Waals surface area (Å²) in [5.41, 5.74) is 0.0335. The van der Waals surface area contributed by atoms with Gasteiger partial charge in [-0.3, -0.25) is 9.59 Å². The SMILES string of the molecule is CC(NC(=O)c1ccnc(Cl)c1)C(=O)NC(C)(C)C. The Morgan fingerprint density at radius 1 is 1.37 bits per heavy atom. The molecule has 6 heteroatoms. The predicted octanol–water partition coefficient (Wildman–Crippen LogP) is 1.77. The van der Waals surface area contributed by atoms with Gasteiger partial charge in [-0.25, -0.2) is 4.98 Å². The van der Waals surface area contributed by atoms with Crippen LogP contribution in [0.25, 0.3) is 0 Å². The van der Waals surface area contributed by atoms with Crippen molar-refractivity contribution in [2.75, 3.05) is 0 Å². The van der Waals surface area contributed by atoms with E-state index in [1.165, 1.54) is 18.3 Å². The molecule has 0 saturated heterocycles. The largest absolute Gasteiger partial charge is 0.350 e. The minimum Gasteiger partial charge on any atom is -0.350 e. The second kappa shape index (κ2) is 6.02. The van der Waals surface area contributed by atoms with Crippen molar-refractivity contribution in [3.8, 4) is 0 Å². The molecule has 0 saturated carbocycles. The highest BCUT2D eigenvalue weighted by Gasteiger charge is 2.21. The molecule has 0 radical (unpaired) electrons. The van der Waals surface area contributed by atoms with Gasteiger partial charge in [0.15, 0.2) is 0 Å². The molecule has 0 aliphatic carbocycles. The van der Waals surface area contributed by atoms with Crippen LogP contribution in [0.5, 0.6) is 0 Å². The molecule has 1 heterocycles. The minimum absolute atomic E-state index is 0.235. The van der Waals surface area contributed by atoms with Crippen LogP contribution in [-0.4, -0.2) is 28.4 Å². The van der Waals surface area contributed by atoms with Crippen molar-refractivity contribution >= 4 is 23.4 Å². The fourth-order valence-corrected chi connectivity index (χ4v) is 1.54. The molecule has 0 aliphatic heterocycles. The zero-order valence-electron chi connectivity index (χ0n) is 11.5. The fraction of sp³-hybridized carbons (Fsp3) is 0.462. The molecule has 1 rings (SSSR count). The summed E-state index contributed by atoms with van der Waals surface area (Å²) in [6, 6.07) is 2.36. The van der Waals surface area contributed by atoms with Crippen LogP contribution in [0.15, 0.2) is 18.3 Å². The highest BCUT2D eigenvalue weighted by atomic mass is 35.5. The van der Waals surface area contributed by atoms with E-state index in [1.807, 2.05) is 20.8 Å². The Bertz CT molecular complexity index is 483. The topological polar surface area (TPSA) is 71.1 Å². The number of rotatable bonds is 3. The van der Waals surface area contributed by atoms with E-state index in [1.54, 1.807) is 6.92 Å². The summed E-state index contributed by atoms with van der Waals surface area (Å²) in [7, 11) is 0. The van der Waals surface area contributed by atoms with E-state index in [2.05, 4.69) is 15.6 Å². The minimum atomic E-state index is -0.626. The van der Waals surface area contributed by atoms with E-state index >= 15 is 0 Å². The van der Waals surface area contributed by atoms with Gasteiger partial charge in [0, 0.05) is 17.3 Å². The predicted molar refractivity (Wildman–Crippen MR) is 74.1 cm³/mol. The van der Waals surface area contributed by atoms with Crippen molar-refractivity contribution < 1.29 is 9.59 Å². The second-order valence-electron chi connectivity index (χ2n) is 5.30. The Balaban J connectivity index is 2.64. The zero-order valence-corrected chi connectivity index (χ0v) is 12.2. The number of carbonyl (C=O) groups is 2. The normalized spacial score (nSPS) is 12.7. The maximum absolute atomic E-state index is 11.9. The van der Waals surface area contributed by atoms with Crippen molar-refractivity contribution in [2.24, 2.45) is 0 Å². The molecule has 0 bridgehead atoms. The first-order valence-electron chi connectivity index (χ1n) is 5.93. The number of nitrogens with one attached hydrogen (secondary N) is 2. The van der Waals surface area contributed by atoms with Gasteiger partial charge in [0.05, 0.1) is 0 Å². The van der Waals surface area contributed by atoms with E-state index in [0.717, 1.165) is 0 Å². The van der Waals surface area contributed by atoms with Gasteiger partial charge in [-0.2, -0.15) is 0 Å². The first-order valence-corrected chi connectivity index (χ1v) is 6.31. The number of amides is 2. The van der Waals surface area contributed by atoms with Crippen molar-refractivity contribution in [3.05, 3.63) is 29.0 Å². The van der Waals surface area contributed by atoms with Crippen LogP contribution in [0.2, 0.25) is 5.15 Å². The van der Waals surface area contributed by atoms with Gasteiger partial charge in [0.2, 0.25) is 5.91 Å². The number of nitrogens with zero attached hydrogens (tertiary/aromatic N) is 1. The molecule has 5 nitrogen and oxygen atoms in total. The molecule has 1 unspecified atom stereocenters. The molecular formula is C13H18ClN3O2. The average molecular weight is 284 g/mol. The lowest BCUT2D eigenvalue weighted by Gasteiger charge is -2.23. The number of pyridine rings is 1. The van der Waals surface area contributed by atoms with Gasteiger partial charge in [-0.1, -0.05) is 11.6 Å². The van der Waals surface area contributed by atoms with Crippen molar-refractivity contribution in [1.82, 2.24) is 15.6 Å². The third kappa shape index (κ3) is 5.26. The van der Waals surface area contributed by atoms with Gasteiger partial charge in [0.1, 0.15) is 11.2 Å². The molecule has 0 fully saturated rings. The van der Waals surface area contributed by atoms with Crippen LogP contribution >= 0.6 is 11.6 Å². The molecule has 0 aliphatic rings. The highest BCUT2D eigenvalue weighted by Crippen LogP contribution is 2.07. The first kappa shape index (κ1) is 15.4. The highest BCUT2D eigenvalue weighted by molar-refractivity contribution is 6.29. The van der Waals surface area contributed by atoms with Gasteiger partial charge in [-0.15, -0.1) is 0 Å². The lowest BCUT2D eigenvalue weighted by Crippen LogP contribution is -2.50. The number of aromatic nitrogens is 1. The molecule has 0 spiro atoms. The Hall–Kier alpha value is -1.62. The molecule has 2 N–H and O–H groups in total. The number of hydrogen-bond donors (Lipinski definition) is 2. The van der Waals surface area contributed by atoms with E-state index in [-0.39, 0.29) is 22.5 Å². The number of carbonyl (C=O) groups excluding carboxylic acids is 2. The van der Waals surface area contributed by atoms with Crippen molar-refractivity contribution in [3.63, 3.8) is 0 Å². The smallest absolute Gasteiger partial charge is 0.252 e. The molecule has 0 aromatic carbocycles. The maximum Gasteiger partial charge on any atom is 0.252 e. The lowest BCUT2D eigenvalue weighted by atomic mass is 10.1. The van der Waals surface area contributed by atoms with Crippen molar-refractivity contribution in [2.45, 2.75) is 39.3 Å². The van der Waals surface area contributed by atoms with Crippen molar-refractivity contribution in [1.29, 1.82) is 0 Å². The molecule has 1 aromatic rings. The van der Waals surface area contributed by atoms with Gasteiger partial charge in [0.25, 0.3) is 5.91 Å². The fourth-order valence-electron chi connectivity index (χ4n) is 1.37. The van der Waals surface area contributed by atoms with Crippen LogP contribution in [0.4, 0.5) is 0 Å².